The molecule has 8 heteroatoms. The second kappa shape index (κ2) is 6.27. The van der Waals surface area contributed by atoms with E-state index in [0.29, 0.717) is 11.3 Å². The third kappa shape index (κ3) is 3.91. The van der Waals surface area contributed by atoms with Crippen LogP contribution < -0.4 is 0 Å². The van der Waals surface area contributed by atoms with Crippen LogP contribution in [0.4, 0.5) is 0 Å². The molecule has 1 heterocycles. The molecule has 0 bridgehead atoms. The summed E-state index contributed by atoms with van der Waals surface area (Å²) in [5.74, 6) is 0. The standard InChI is InChI=1S/C13H12Cl2N2O3S/c1-8-3-5-10(6-4-8)21(18,19)20-7-11-9(2)16-13(15)17-12(11)14/h3-6H,7H2,1-2H3. The summed E-state index contributed by atoms with van der Waals surface area (Å²) < 4.78 is 29.2. The molecule has 2 aromatic rings. The molecular weight excluding hydrogens is 335 g/mol. The van der Waals surface area contributed by atoms with E-state index in [-0.39, 0.29) is 21.9 Å². The number of aromatic nitrogens is 2. The van der Waals surface area contributed by atoms with Gasteiger partial charge in [0.1, 0.15) is 5.15 Å². The molecule has 1 aromatic heterocycles. The summed E-state index contributed by atoms with van der Waals surface area (Å²) in [6.45, 7) is 3.26. The summed E-state index contributed by atoms with van der Waals surface area (Å²) in [7, 11) is -3.87. The lowest BCUT2D eigenvalue weighted by Crippen LogP contribution is -2.08. The Morgan fingerprint density at radius 2 is 1.71 bits per heavy atom. The topological polar surface area (TPSA) is 69.2 Å². The molecule has 2 rings (SSSR count). The first-order valence-corrected chi connectivity index (χ1v) is 8.10. The van der Waals surface area contributed by atoms with Crippen LogP contribution in [0.2, 0.25) is 10.4 Å². The Balaban J connectivity index is 2.21. The van der Waals surface area contributed by atoms with Crippen molar-refractivity contribution in [2.75, 3.05) is 0 Å². The number of halogens is 2. The zero-order chi connectivity index (χ0) is 15.6. The van der Waals surface area contributed by atoms with Gasteiger partial charge in [0.15, 0.2) is 0 Å². The molecule has 0 fully saturated rings. The molecule has 0 radical (unpaired) electrons. The van der Waals surface area contributed by atoms with E-state index < -0.39 is 10.1 Å². The van der Waals surface area contributed by atoms with Gasteiger partial charge in [0.05, 0.1) is 11.5 Å². The van der Waals surface area contributed by atoms with Crippen LogP contribution in [0.1, 0.15) is 16.8 Å². The Morgan fingerprint density at radius 3 is 2.29 bits per heavy atom. The molecule has 21 heavy (non-hydrogen) atoms. The van der Waals surface area contributed by atoms with Gasteiger partial charge in [-0.1, -0.05) is 29.3 Å². The molecule has 0 aliphatic heterocycles. The third-order valence-corrected chi connectivity index (χ3v) is 4.56. The van der Waals surface area contributed by atoms with Gasteiger partial charge in [-0.15, -0.1) is 0 Å². The number of rotatable bonds is 4. The summed E-state index contributed by atoms with van der Waals surface area (Å²) in [5.41, 5.74) is 1.81. The molecule has 112 valence electrons. The van der Waals surface area contributed by atoms with Crippen LogP contribution in [-0.2, 0) is 20.9 Å². The first kappa shape index (κ1) is 16.2. The second-order valence-corrected chi connectivity index (χ2v) is 6.69. The van der Waals surface area contributed by atoms with Gasteiger partial charge in [0.25, 0.3) is 10.1 Å². The van der Waals surface area contributed by atoms with E-state index >= 15 is 0 Å². The van der Waals surface area contributed by atoms with Gasteiger partial charge in [0.2, 0.25) is 5.28 Å². The molecule has 1 aromatic carbocycles. The van der Waals surface area contributed by atoms with Crippen LogP contribution in [0.3, 0.4) is 0 Å². The SMILES string of the molecule is Cc1ccc(S(=O)(=O)OCc2c(C)nc(Cl)nc2Cl)cc1. The second-order valence-electron chi connectivity index (χ2n) is 4.38. The highest BCUT2D eigenvalue weighted by atomic mass is 35.5. The molecule has 0 amide bonds. The molecule has 0 saturated heterocycles. The number of benzene rings is 1. The van der Waals surface area contributed by atoms with Crippen LogP contribution in [0.5, 0.6) is 0 Å². The van der Waals surface area contributed by atoms with Crippen molar-refractivity contribution in [3.05, 3.63) is 51.5 Å². The van der Waals surface area contributed by atoms with Crippen LogP contribution in [0, 0.1) is 13.8 Å². The van der Waals surface area contributed by atoms with Crippen molar-refractivity contribution in [2.45, 2.75) is 25.3 Å². The maximum atomic E-state index is 12.1. The molecule has 0 unspecified atom stereocenters. The lowest BCUT2D eigenvalue weighted by molar-refractivity contribution is 0.306. The Hall–Kier alpha value is -1.21. The quantitative estimate of drug-likeness (QED) is 0.482. The highest BCUT2D eigenvalue weighted by Gasteiger charge is 2.18. The Labute approximate surface area is 133 Å². The smallest absolute Gasteiger partial charge is 0.261 e. The number of nitrogens with zero attached hydrogens (tertiary/aromatic N) is 2. The lowest BCUT2D eigenvalue weighted by atomic mass is 10.2. The first-order valence-electron chi connectivity index (χ1n) is 5.94. The predicted molar refractivity (Wildman–Crippen MR) is 79.9 cm³/mol. The van der Waals surface area contributed by atoms with E-state index in [0.717, 1.165) is 5.56 Å². The minimum absolute atomic E-state index is 0.00245. The van der Waals surface area contributed by atoms with Gasteiger partial charge in [0, 0.05) is 11.3 Å². The Morgan fingerprint density at radius 1 is 1.10 bits per heavy atom. The van der Waals surface area contributed by atoms with E-state index in [1.165, 1.54) is 12.1 Å². The largest absolute Gasteiger partial charge is 0.297 e. The van der Waals surface area contributed by atoms with Gasteiger partial charge in [-0.25, -0.2) is 9.97 Å². The molecule has 0 N–H and O–H groups in total. The summed E-state index contributed by atoms with van der Waals surface area (Å²) in [6, 6.07) is 6.36. The molecule has 0 aliphatic carbocycles. The van der Waals surface area contributed by atoms with Gasteiger partial charge in [-0.2, -0.15) is 8.42 Å². The normalized spacial score (nSPS) is 11.6. The van der Waals surface area contributed by atoms with E-state index in [1.54, 1.807) is 19.1 Å². The van der Waals surface area contributed by atoms with Crippen molar-refractivity contribution in [1.82, 2.24) is 9.97 Å². The van der Waals surface area contributed by atoms with E-state index in [9.17, 15) is 8.42 Å². The van der Waals surface area contributed by atoms with Crippen molar-refractivity contribution in [2.24, 2.45) is 0 Å². The summed E-state index contributed by atoms with van der Waals surface area (Å²) in [5, 5.41) is 0.0780. The average Bonchev–Trinajstić information content (AvgIpc) is 2.37. The number of hydrogen-bond donors (Lipinski definition) is 0. The van der Waals surface area contributed by atoms with Crippen LogP contribution in [0.25, 0.3) is 0 Å². The van der Waals surface area contributed by atoms with E-state index in [2.05, 4.69) is 9.97 Å². The third-order valence-electron chi connectivity index (χ3n) is 2.80. The molecule has 5 nitrogen and oxygen atoms in total. The van der Waals surface area contributed by atoms with Gasteiger partial charge >= 0.3 is 0 Å². The monoisotopic (exact) mass is 346 g/mol. The molecule has 0 atom stereocenters. The van der Waals surface area contributed by atoms with Crippen molar-refractivity contribution in [3.63, 3.8) is 0 Å². The molecule has 0 saturated carbocycles. The highest BCUT2D eigenvalue weighted by molar-refractivity contribution is 7.86. The molecule has 0 aliphatic rings. The Bertz CT molecular complexity index is 738. The number of hydrogen-bond acceptors (Lipinski definition) is 5. The Kier molecular flexibility index (Phi) is 4.83. The van der Waals surface area contributed by atoms with Crippen LogP contribution in [-0.4, -0.2) is 18.4 Å². The minimum atomic E-state index is -3.87. The van der Waals surface area contributed by atoms with E-state index in [4.69, 9.17) is 27.4 Å². The maximum Gasteiger partial charge on any atom is 0.297 e. The molecular formula is C13H12Cl2N2O3S. The zero-order valence-electron chi connectivity index (χ0n) is 11.3. The zero-order valence-corrected chi connectivity index (χ0v) is 13.6. The highest BCUT2D eigenvalue weighted by Crippen LogP contribution is 2.22. The average molecular weight is 347 g/mol. The lowest BCUT2D eigenvalue weighted by Gasteiger charge is -2.09. The van der Waals surface area contributed by atoms with Crippen molar-refractivity contribution in [1.29, 1.82) is 0 Å². The van der Waals surface area contributed by atoms with Crippen LogP contribution in [0.15, 0.2) is 29.2 Å². The molecule has 0 spiro atoms. The van der Waals surface area contributed by atoms with Gasteiger partial charge < -0.3 is 0 Å². The van der Waals surface area contributed by atoms with Gasteiger partial charge in [-0.3, -0.25) is 4.18 Å². The fourth-order valence-electron chi connectivity index (χ4n) is 1.60. The van der Waals surface area contributed by atoms with E-state index in [1.807, 2.05) is 6.92 Å². The summed E-state index contributed by atoms with van der Waals surface area (Å²) >= 11 is 11.6. The van der Waals surface area contributed by atoms with Crippen molar-refractivity contribution >= 4 is 33.3 Å². The summed E-state index contributed by atoms with van der Waals surface area (Å²) in [4.78, 5) is 7.76. The fourth-order valence-corrected chi connectivity index (χ4v) is 3.01. The van der Waals surface area contributed by atoms with Gasteiger partial charge in [-0.05, 0) is 37.6 Å². The maximum absolute atomic E-state index is 12.1. The number of aryl methyl sites for hydroxylation is 2. The first-order chi connectivity index (χ1) is 9.79. The summed E-state index contributed by atoms with van der Waals surface area (Å²) in [6.07, 6.45) is 0. The predicted octanol–water partition coefficient (Wildman–Crippen LogP) is 3.31. The van der Waals surface area contributed by atoms with Crippen molar-refractivity contribution in [3.8, 4) is 0 Å². The fraction of sp³-hybridized carbons (Fsp3) is 0.231. The van der Waals surface area contributed by atoms with Crippen molar-refractivity contribution < 1.29 is 12.6 Å². The van der Waals surface area contributed by atoms with Crippen LogP contribution >= 0.6 is 23.2 Å². The minimum Gasteiger partial charge on any atom is -0.261 e.